The molecule has 2 N–H and O–H groups in total. The first-order chi connectivity index (χ1) is 9.95. The molecule has 0 saturated carbocycles. The maximum absolute atomic E-state index is 12.0. The second-order valence-electron chi connectivity index (χ2n) is 5.35. The van der Waals surface area contributed by atoms with Gasteiger partial charge in [0.15, 0.2) is 0 Å². The summed E-state index contributed by atoms with van der Waals surface area (Å²) in [6.07, 6.45) is 1.75. The molecule has 1 rings (SSSR count). The lowest BCUT2D eigenvalue weighted by Crippen LogP contribution is -2.25. The van der Waals surface area contributed by atoms with Crippen LogP contribution in [-0.4, -0.2) is 23.9 Å². The van der Waals surface area contributed by atoms with Gasteiger partial charge in [0.1, 0.15) is 5.69 Å². The highest BCUT2D eigenvalue weighted by Crippen LogP contribution is 2.25. The van der Waals surface area contributed by atoms with E-state index in [0.29, 0.717) is 30.3 Å². The number of nitro benzene ring substituents is 1. The highest BCUT2D eigenvalue weighted by molar-refractivity contribution is 5.95. The molecule has 0 radical (unpaired) electrons. The Morgan fingerprint density at radius 1 is 1.33 bits per heavy atom. The van der Waals surface area contributed by atoms with E-state index in [1.54, 1.807) is 6.07 Å². The van der Waals surface area contributed by atoms with E-state index in [-0.39, 0.29) is 11.6 Å². The predicted octanol–water partition coefficient (Wildman–Crippen LogP) is 3.19. The second-order valence-corrected chi connectivity index (χ2v) is 5.35. The van der Waals surface area contributed by atoms with Gasteiger partial charge < -0.3 is 10.6 Å². The van der Waals surface area contributed by atoms with Crippen molar-refractivity contribution in [2.24, 2.45) is 5.92 Å². The number of benzene rings is 1. The largest absolute Gasteiger partial charge is 0.379 e. The van der Waals surface area contributed by atoms with Gasteiger partial charge in [-0.1, -0.05) is 20.8 Å². The van der Waals surface area contributed by atoms with Crippen molar-refractivity contribution in [1.29, 1.82) is 0 Å². The zero-order valence-electron chi connectivity index (χ0n) is 12.8. The van der Waals surface area contributed by atoms with E-state index in [1.807, 2.05) is 6.92 Å². The molecular formula is C15H23N3O3. The molecule has 6 heteroatoms. The number of nitro groups is 1. The molecule has 6 nitrogen and oxygen atoms in total. The van der Waals surface area contributed by atoms with Crippen molar-refractivity contribution in [2.75, 3.05) is 18.4 Å². The summed E-state index contributed by atoms with van der Waals surface area (Å²) in [6, 6.07) is 4.40. The zero-order valence-corrected chi connectivity index (χ0v) is 12.8. The van der Waals surface area contributed by atoms with Crippen molar-refractivity contribution in [2.45, 2.75) is 33.6 Å². The Kier molecular flexibility index (Phi) is 6.65. The first kappa shape index (κ1) is 16.9. The molecule has 21 heavy (non-hydrogen) atoms. The molecule has 0 saturated heterocycles. The van der Waals surface area contributed by atoms with Gasteiger partial charge in [-0.05, 0) is 30.9 Å². The lowest BCUT2D eigenvalue weighted by atomic mass is 10.1. The molecule has 1 aromatic carbocycles. The zero-order chi connectivity index (χ0) is 15.8. The predicted molar refractivity (Wildman–Crippen MR) is 83.7 cm³/mol. The van der Waals surface area contributed by atoms with Crippen molar-refractivity contribution in [3.8, 4) is 0 Å². The highest BCUT2D eigenvalue weighted by Gasteiger charge is 2.16. The van der Waals surface area contributed by atoms with E-state index >= 15 is 0 Å². The molecule has 1 aromatic rings. The third kappa shape index (κ3) is 5.41. The molecule has 1 amide bonds. The maximum Gasteiger partial charge on any atom is 0.292 e. The van der Waals surface area contributed by atoms with Crippen LogP contribution in [0.15, 0.2) is 18.2 Å². The minimum absolute atomic E-state index is 0.0119. The molecule has 0 unspecified atom stereocenters. The summed E-state index contributed by atoms with van der Waals surface area (Å²) in [6.45, 7) is 7.38. The lowest BCUT2D eigenvalue weighted by molar-refractivity contribution is -0.384. The average Bonchev–Trinajstić information content (AvgIpc) is 2.44. The van der Waals surface area contributed by atoms with Crippen molar-refractivity contribution in [1.82, 2.24) is 5.32 Å². The Bertz CT molecular complexity index is 501. The first-order valence-electron chi connectivity index (χ1n) is 7.26. The van der Waals surface area contributed by atoms with E-state index in [9.17, 15) is 14.9 Å². The van der Waals surface area contributed by atoms with Crippen molar-refractivity contribution in [3.05, 3.63) is 33.9 Å². The molecule has 0 aliphatic rings. The number of amides is 1. The van der Waals surface area contributed by atoms with Gasteiger partial charge in [-0.3, -0.25) is 14.9 Å². The second kappa shape index (κ2) is 8.24. The quantitative estimate of drug-likeness (QED) is 0.569. The van der Waals surface area contributed by atoms with Crippen molar-refractivity contribution in [3.63, 3.8) is 0 Å². The Morgan fingerprint density at radius 2 is 2.05 bits per heavy atom. The summed E-state index contributed by atoms with van der Waals surface area (Å²) in [5, 5.41) is 16.8. The lowest BCUT2D eigenvalue weighted by Gasteiger charge is -2.10. The molecule has 0 bridgehead atoms. The van der Waals surface area contributed by atoms with E-state index in [0.717, 1.165) is 12.8 Å². The van der Waals surface area contributed by atoms with Crippen LogP contribution < -0.4 is 10.6 Å². The number of hydrogen-bond donors (Lipinski definition) is 2. The number of carbonyl (C=O) groups is 1. The normalized spacial score (nSPS) is 10.5. The van der Waals surface area contributed by atoms with Crippen LogP contribution in [0.4, 0.5) is 11.4 Å². The number of hydrogen-bond acceptors (Lipinski definition) is 4. The van der Waals surface area contributed by atoms with Crippen LogP contribution in [0.2, 0.25) is 0 Å². The Hall–Kier alpha value is -2.11. The molecular weight excluding hydrogens is 270 g/mol. The standard InChI is InChI=1S/C15H23N3O3/c1-4-8-16-13-10-12(5-6-14(13)18(20)21)15(19)17-9-7-11(2)3/h5-6,10-11,16H,4,7-9H2,1-3H3,(H,17,19). The van der Waals surface area contributed by atoms with Gasteiger partial charge in [0.25, 0.3) is 11.6 Å². The summed E-state index contributed by atoms with van der Waals surface area (Å²) >= 11 is 0. The smallest absolute Gasteiger partial charge is 0.292 e. The highest BCUT2D eigenvalue weighted by atomic mass is 16.6. The summed E-state index contributed by atoms with van der Waals surface area (Å²) in [4.78, 5) is 22.6. The van der Waals surface area contributed by atoms with Gasteiger partial charge in [-0.15, -0.1) is 0 Å². The number of carbonyl (C=O) groups excluding carboxylic acids is 1. The fourth-order valence-corrected chi connectivity index (χ4v) is 1.81. The van der Waals surface area contributed by atoms with Gasteiger partial charge in [0, 0.05) is 24.7 Å². The molecule has 0 aliphatic carbocycles. The number of nitrogens with one attached hydrogen (secondary N) is 2. The van der Waals surface area contributed by atoms with Crippen LogP contribution in [0.5, 0.6) is 0 Å². The van der Waals surface area contributed by atoms with E-state index in [1.165, 1.54) is 12.1 Å². The van der Waals surface area contributed by atoms with Crippen LogP contribution in [0.3, 0.4) is 0 Å². The van der Waals surface area contributed by atoms with Crippen LogP contribution >= 0.6 is 0 Å². The van der Waals surface area contributed by atoms with Gasteiger partial charge >= 0.3 is 0 Å². The molecule has 0 fully saturated rings. The molecule has 116 valence electrons. The summed E-state index contributed by atoms with van der Waals surface area (Å²) in [5.41, 5.74) is 0.809. The van der Waals surface area contributed by atoms with Gasteiger partial charge in [0.05, 0.1) is 4.92 Å². The molecule has 0 aliphatic heterocycles. The maximum atomic E-state index is 12.0. The topological polar surface area (TPSA) is 84.3 Å². The molecule has 0 heterocycles. The Morgan fingerprint density at radius 3 is 2.62 bits per heavy atom. The van der Waals surface area contributed by atoms with Gasteiger partial charge in [-0.25, -0.2) is 0 Å². The fourth-order valence-electron chi connectivity index (χ4n) is 1.81. The Labute approximate surface area is 125 Å². The van der Waals surface area contributed by atoms with Crippen LogP contribution in [0.1, 0.15) is 44.0 Å². The van der Waals surface area contributed by atoms with Crippen LogP contribution in [0.25, 0.3) is 0 Å². The molecule has 0 atom stereocenters. The number of anilines is 1. The molecule has 0 spiro atoms. The van der Waals surface area contributed by atoms with Gasteiger partial charge in [-0.2, -0.15) is 0 Å². The molecule has 0 aromatic heterocycles. The monoisotopic (exact) mass is 293 g/mol. The fraction of sp³-hybridized carbons (Fsp3) is 0.533. The van der Waals surface area contributed by atoms with E-state index < -0.39 is 4.92 Å². The van der Waals surface area contributed by atoms with E-state index in [4.69, 9.17) is 0 Å². The van der Waals surface area contributed by atoms with E-state index in [2.05, 4.69) is 24.5 Å². The number of rotatable bonds is 8. The third-order valence-corrected chi connectivity index (χ3v) is 3.03. The minimum Gasteiger partial charge on any atom is -0.379 e. The Balaban J connectivity index is 2.83. The first-order valence-corrected chi connectivity index (χ1v) is 7.26. The minimum atomic E-state index is -0.446. The number of nitrogens with zero attached hydrogens (tertiary/aromatic N) is 1. The SMILES string of the molecule is CCCNc1cc(C(=O)NCCC(C)C)ccc1[N+](=O)[O-]. The van der Waals surface area contributed by atoms with Gasteiger partial charge in [0.2, 0.25) is 0 Å². The summed E-state index contributed by atoms with van der Waals surface area (Å²) in [7, 11) is 0. The van der Waals surface area contributed by atoms with Crippen LogP contribution in [0, 0.1) is 16.0 Å². The summed E-state index contributed by atoms with van der Waals surface area (Å²) < 4.78 is 0. The average molecular weight is 293 g/mol. The van der Waals surface area contributed by atoms with Crippen LogP contribution in [-0.2, 0) is 0 Å². The summed E-state index contributed by atoms with van der Waals surface area (Å²) in [5.74, 6) is 0.314. The van der Waals surface area contributed by atoms with Crippen molar-refractivity contribution < 1.29 is 9.72 Å². The van der Waals surface area contributed by atoms with Crippen molar-refractivity contribution >= 4 is 17.3 Å². The third-order valence-electron chi connectivity index (χ3n) is 3.03.